The first-order chi connectivity index (χ1) is 10.3. The Hall–Kier alpha value is -2.15. The molecular weight excluding hydrogens is 288 g/mol. The fourth-order valence-electron chi connectivity index (χ4n) is 2.15. The standard InChI is InChI=1S/C15H20N2O5/c1-15(2,3)22-14(18)16-8-9-21-13(10-16)11-4-6-12(7-5-11)17(19)20/h4-7,13H,8-10H2,1-3H3/t13-/m0/s1. The zero-order valence-electron chi connectivity index (χ0n) is 12.9. The molecular formula is C15H20N2O5. The summed E-state index contributed by atoms with van der Waals surface area (Å²) in [5, 5.41) is 10.7. The molecule has 2 rings (SSSR count). The number of carbonyl (C=O) groups excluding carboxylic acids is 1. The Kier molecular flexibility index (Phi) is 4.65. The summed E-state index contributed by atoms with van der Waals surface area (Å²) in [5.74, 6) is 0. The number of carbonyl (C=O) groups is 1. The number of non-ortho nitro benzene ring substituents is 1. The van der Waals surface area contributed by atoms with Crippen molar-refractivity contribution in [1.29, 1.82) is 0 Å². The first-order valence-electron chi connectivity index (χ1n) is 7.10. The molecule has 0 radical (unpaired) electrons. The molecule has 0 spiro atoms. The highest BCUT2D eigenvalue weighted by Gasteiger charge is 2.29. The van der Waals surface area contributed by atoms with Gasteiger partial charge in [-0.3, -0.25) is 10.1 Å². The van der Waals surface area contributed by atoms with Crippen LogP contribution in [0.2, 0.25) is 0 Å². The van der Waals surface area contributed by atoms with E-state index in [-0.39, 0.29) is 17.9 Å². The average molecular weight is 308 g/mol. The molecule has 0 N–H and O–H groups in total. The van der Waals surface area contributed by atoms with Gasteiger partial charge in [-0.2, -0.15) is 0 Å². The molecule has 22 heavy (non-hydrogen) atoms. The predicted molar refractivity (Wildman–Crippen MR) is 79.6 cm³/mol. The van der Waals surface area contributed by atoms with Gasteiger partial charge in [-0.15, -0.1) is 0 Å². The maximum atomic E-state index is 12.1. The lowest BCUT2D eigenvalue weighted by molar-refractivity contribution is -0.384. The summed E-state index contributed by atoms with van der Waals surface area (Å²) < 4.78 is 11.0. The lowest BCUT2D eigenvalue weighted by atomic mass is 10.1. The Labute approximate surface area is 129 Å². The van der Waals surface area contributed by atoms with Gasteiger partial charge < -0.3 is 14.4 Å². The Bertz CT molecular complexity index is 550. The molecule has 1 aromatic rings. The fourth-order valence-corrected chi connectivity index (χ4v) is 2.15. The smallest absolute Gasteiger partial charge is 0.410 e. The molecule has 1 amide bonds. The fraction of sp³-hybridized carbons (Fsp3) is 0.533. The van der Waals surface area contributed by atoms with Crippen molar-refractivity contribution in [3.63, 3.8) is 0 Å². The van der Waals surface area contributed by atoms with Crippen molar-refractivity contribution >= 4 is 11.8 Å². The van der Waals surface area contributed by atoms with E-state index in [1.165, 1.54) is 12.1 Å². The largest absolute Gasteiger partial charge is 0.444 e. The lowest BCUT2D eigenvalue weighted by Gasteiger charge is -2.34. The van der Waals surface area contributed by atoms with Gasteiger partial charge >= 0.3 is 6.09 Å². The van der Waals surface area contributed by atoms with Gasteiger partial charge in [0.15, 0.2) is 0 Å². The van der Waals surface area contributed by atoms with E-state index in [2.05, 4.69) is 0 Å². The molecule has 1 aromatic carbocycles. The Morgan fingerprint density at radius 2 is 2.00 bits per heavy atom. The maximum Gasteiger partial charge on any atom is 0.410 e. The summed E-state index contributed by atoms with van der Waals surface area (Å²) in [6, 6.07) is 6.18. The summed E-state index contributed by atoms with van der Waals surface area (Å²) in [4.78, 5) is 23.9. The van der Waals surface area contributed by atoms with Gasteiger partial charge in [-0.1, -0.05) is 0 Å². The number of amides is 1. The molecule has 1 heterocycles. The van der Waals surface area contributed by atoms with E-state index in [0.717, 1.165) is 5.56 Å². The number of benzene rings is 1. The summed E-state index contributed by atoms with van der Waals surface area (Å²) in [5.41, 5.74) is 0.292. The van der Waals surface area contributed by atoms with Crippen LogP contribution in [-0.2, 0) is 9.47 Å². The number of nitrogens with zero attached hydrogens (tertiary/aromatic N) is 2. The van der Waals surface area contributed by atoms with Crippen molar-refractivity contribution in [1.82, 2.24) is 4.90 Å². The Morgan fingerprint density at radius 1 is 1.36 bits per heavy atom. The van der Waals surface area contributed by atoms with Crippen LogP contribution in [0.5, 0.6) is 0 Å². The van der Waals surface area contributed by atoms with E-state index >= 15 is 0 Å². The zero-order chi connectivity index (χ0) is 16.3. The number of hydrogen-bond acceptors (Lipinski definition) is 5. The van der Waals surface area contributed by atoms with Crippen LogP contribution in [0.3, 0.4) is 0 Å². The first kappa shape index (κ1) is 16.2. The van der Waals surface area contributed by atoms with Crippen LogP contribution in [0.1, 0.15) is 32.4 Å². The number of ether oxygens (including phenoxy) is 2. The van der Waals surface area contributed by atoms with Crippen molar-refractivity contribution in [3.05, 3.63) is 39.9 Å². The quantitative estimate of drug-likeness (QED) is 0.619. The minimum Gasteiger partial charge on any atom is -0.444 e. The Balaban J connectivity index is 2.04. The molecule has 1 aliphatic rings. The molecule has 120 valence electrons. The molecule has 1 aliphatic heterocycles. The minimum atomic E-state index is -0.543. The summed E-state index contributed by atoms with van der Waals surface area (Å²) >= 11 is 0. The van der Waals surface area contributed by atoms with Crippen molar-refractivity contribution in [2.75, 3.05) is 19.7 Å². The molecule has 0 aliphatic carbocycles. The lowest BCUT2D eigenvalue weighted by Crippen LogP contribution is -2.44. The van der Waals surface area contributed by atoms with Gasteiger partial charge in [0, 0.05) is 18.7 Å². The molecule has 0 saturated carbocycles. The first-order valence-corrected chi connectivity index (χ1v) is 7.10. The van der Waals surface area contributed by atoms with Crippen LogP contribution >= 0.6 is 0 Å². The van der Waals surface area contributed by atoms with Crippen molar-refractivity contribution in [2.45, 2.75) is 32.5 Å². The van der Waals surface area contributed by atoms with Crippen molar-refractivity contribution in [2.24, 2.45) is 0 Å². The van der Waals surface area contributed by atoms with Crippen LogP contribution in [0, 0.1) is 10.1 Å². The van der Waals surface area contributed by atoms with E-state index in [0.29, 0.717) is 19.7 Å². The molecule has 1 atom stereocenters. The van der Waals surface area contributed by atoms with Crippen LogP contribution < -0.4 is 0 Å². The number of nitro groups is 1. The highest BCUT2D eigenvalue weighted by Crippen LogP contribution is 2.25. The highest BCUT2D eigenvalue weighted by molar-refractivity contribution is 5.68. The van der Waals surface area contributed by atoms with Gasteiger partial charge in [0.2, 0.25) is 0 Å². The third-order valence-corrected chi connectivity index (χ3v) is 3.19. The SMILES string of the molecule is CC(C)(C)OC(=O)N1CCO[C@H](c2ccc([N+](=O)[O-])cc2)C1. The maximum absolute atomic E-state index is 12.1. The second-order valence-electron chi connectivity index (χ2n) is 6.13. The monoisotopic (exact) mass is 308 g/mol. The van der Waals surface area contributed by atoms with E-state index in [1.54, 1.807) is 17.0 Å². The van der Waals surface area contributed by atoms with E-state index < -0.39 is 10.5 Å². The summed E-state index contributed by atoms with van der Waals surface area (Å²) in [6.07, 6.45) is -0.676. The van der Waals surface area contributed by atoms with E-state index in [4.69, 9.17) is 9.47 Å². The van der Waals surface area contributed by atoms with Gasteiger partial charge in [0.1, 0.15) is 11.7 Å². The second kappa shape index (κ2) is 6.31. The third kappa shape index (κ3) is 4.17. The molecule has 1 saturated heterocycles. The molecule has 0 aromatic heterocycles. The van der Waals surface area contributed by atoms with Crippen molar-refractivity contribution < 1.29 is 19.2 Å². The van der Waals surface area contributed by atoms with Crippen LogP contribution in [0.4, 0.5) is 10.5 Å². The van der Waals surface area contributed by atoms with Gasteiger partial charge in [-0.05, 0) is 38.5 Å². The topological polar surface area (TPSA) is 81.9 Å². The van der Waals surface area contributed by atoms with Crippen LogP contribution in [-0.4, -0.2) is 41.2 Å². The zero-order valence-corrected chi connectivity index (χ0v) is 12.9. The van der Waals surface area contributed by atoms with Crippen molar-refractivity contribution in [3.8, 4) is 0 Å². The highest BCUT2D eigenvalue weighted by atomic mass is 16.6. The van der Waals surface area contributed by atoms with E-state index in [9.17, 15) is 14.9 Å². The number of morpholine rings is 1. The number of rotatable bonds is 2. The van der Waals surface area contributed by atoms with Gasteiger partial charge in [-0.25, -0.2) is 4.79 Å². The minimum absolute atomic E-state index is 0.0311. The second-order valence-corrected chi connectivity index (χ2v) is 6.13. The summed E-state index contributed by atoms with van der Waals surface area (Å²) in [6.45, 7) is 6.70. The molecule has 0 unspecified atom stereocenters. The molecule has 7 nitrogen and oxygen atoms in total. The van der Waals surface area contributed by atoms with Crippen LogP contribution in [0.15, 0.2) is 24.3 Å². The molecule has 1 fully saturated rings. The molecule has 7 heteroatoms. The summed E-state index contributed by atoms with van der Waals surface area (Å²) in [7, 11) is 0. The third-order valence-electron chi connectivity index (χ3n) is 3.19. The molecule has 0 bridgehead atoms. The van der Waals surface area contributed by atoms with Crippen LogP contribution in [0.25, 0.3) is 0 Å². The number of hydrogen-bond donors (Lipinski definition) is 0. The van der Waals surface area contributed by atoms with Gasteiger partial charge in [0.25, 0.3) is 5.69 Å². The number of nitro benzene ring substituents is 1. The predicted octanol–water partition coefficient (Wildman–Crippen LogP) is 2.90. The van der Waals surface area contributed by atoms with Gasteiger partial charge in [0.05, 0.1) is 18.1 Å². The Morgan fingerprint density at radius 3 is 2.55 bits per heavy atom. The normalized spacial score (nSPS) is 18.9. The average Bonchev–Trinajstić information content (AvgIpc) is 2.46. The van der Waals surface area contributed by atoms with E-state index in [1.807, 2.05) is 20.8 Å².